The Hall–Kier alpha value is -1.97. The lowest BCUT2D eigenvalue weighted by Gasteiger charge is -2.47. The molecule has 1 N–H and O–H groups in total. The molecule has 1 fully saturated rings. The molecule has 1 aromatic rings. The van der Waals surface area contributed by atoms with Gasteiger partial charge in [0.05, 0.1) is 11.7 Å². The molecule has 0 unspecified atom stereocenters. The van der Waals surface area contributed by atoms with Crippen molar-refractivity contribution in [1.82, 2.24) is 4.90 Å². The summed E-state index contributed by atoms with van der Waals surface area (Å²) in [5.74, 6) is 0.827. The van der Waals surface area contributed by atoms with Gasteiger partial charge in [0, 0.05) is 25.1 Å². The van der Waals surface area contributed by atoms with Gasteiger partial charge in [-0.25, -0.2) is 4.99 Å². The summed E-state index contributed by atoms with van der Waals surface area (Å²) >= 11 is 5.47. The molecule has 0 bridgehead atoms. The average Bonchev–Trinajstić information content (AvgIpc) is 2.74. The van der Waals surface area contributed by atoms with E-state index in [0.717, 1.165) is 29.9 Å². The number of nitrogens with one attached hydrogen (secondary N) is 1. The first kappa shape index (κ1) is 16.9. The molecule has 0 aliphatic carbocycles. The Kier molecular flexibility index (Phi) is 4.33. The maximum absolute atomic E-state index is 9.25. The van der Waals surface area contributed by atoms with Crippen LogP contribution in [0.25, 0.3) is 0 Å². The number of nitriles is 1. The van der Waals surface area contributed by atoms with Crippen LogP contribution in [0.15, 0.2) is 29.3 Å². The van der Waals surface area contributed by atoms with Crippen LogP contribution in [0.2, 0.25) is 0 Å². The zero-order chi connectivity index (χ0) is 17.4. The Morgan fingerprint density at radius 3 is 2.83 bits per heavy atom. The number of aliphatic imine (C=N–C) groups is 1. The summed E-state index contributed by atoms with van der Waals surface area (Å²) in [7, 11) is 0. The van der Waals surface area contributed by atoms with Crippen LogP contribution < -0.4 is 5.32 Å². The highest BCUT2D eigenvalue weighted by Gasteiger charge is 2.53. The van der Waals surface area contributed by atoms with Crippen LogP contribution in [0.1, 0.15) is 32.3 Å². The maximum Gasteiger partial charge on any atom is 0.198 e. The lowest BCUT2D eigenvalue weighted by molar-refractivity contribution is -0.0857. The van der Waals surface area contributed by atoms with E-state index in [1.807, 2.05) is 23.1 Å². The minimum absolute atomic E-state index is 0.233. The number of anilines is 1. The van der Waals surface area contributed by atoms with Crippen molar-refractivity contribution in [3.63, 3.8) is 0 Å². The molecule has 0 aromatic heterocycles. The summed E-state index contributed by atoms with van der Waals surface area (Å²) in [5, 5.41) is 13.2. The van der Waals surface area contributed by atoms with Crippen LogP contribution >= 0.6 is 12.2 Å². The van der Waals surface area contributed by atoms with Crippen LogP contribution in [0, 0.1) is 18.3 Å². The van der Waals surface area contributed by atoms with Crippen LogP contribution in [-0.2, 0) is 4.74 Å². The molecule has 0 amide bonds. The zero-order valence-corrected chi connectivity index (χ0v) is 15.1. The number of nitrogens with zero attached hydrogens (tertiary/aromatic N) is 3. The summed E-state index contributed by atoms with van der Waals surface area (Å²) in [4.78, 5) is 6.58. The van der Waals surface area contributed by atoms with E-state index in [1.165, 1.54) is 0 Å². The molecule has 6 heteroatoms. The minimum Gasteiger partial charge on any atom is -0.375 e. The van der Waals surface area contributed by atoms with Crippen molar-refractivity contribution < 1.29 is 4.74 Å². The van der Waals surface area contributed by atoms with Gasteiger partial charge in [-0.15, -0.1) is 0 Å². The third-order valence-electron chi connectivity index (χ3n) is 4.75. The first-order valence-electron chi connectivity index (χ1n) is 8.12. The van der Waals surface area contributed by atoms with Crippen molar-refractivity contribution in [2.75, 3.05) is 18.5 Å². The Bertz CT molecular complexity index is 737. The van der Waals surface area contributed by atoms with Gasteiger partial charge in [0.1, 0.15) is 17.9 Å². The fourth-order valence-corrected chi connectivity index (χ4v) is 3.95. The highest BCUT2D eigenvalue weighted by molar-refractivity contribution is 7.80. The van der Waals surface area contributed by atoms with Crippen molar-refractivity contribution in [3.8, 4) is 6.07 Å². The van der Waals surface area contributed by atoms with E-state index >= 15 is 0 Å². The standard InChI is InChI=1S/C18H22N4OS/c1-13-6-4-5-7-14(13)20-15-18(8-11-23-17(2,3)12-18)22(10-9-19)16(24)21-15/h4-7H,8,10-12H2,1-3H3,(H,20,21,24)/t18-/m0/s1. The number of benzene rings is 1. The van der Waals surface area contributed by atoms with E-state index in [1.54, 1.807) is 0 Å². The second kappa shape index (κ2) is 6.15. The molecule has 0 saturated carbocycles. The fourth-order valence-electron chi connectivity index (χ4n) is 3.62. The molecule has 2 aliphatic heterocycles. The van der Waals surface area contributed by atoms with E-state index in [0.29, 0.717) is 11.7 Å². The highest BCUT2D eigenvalue weighted by atomic mass is 32.1. The van der Waals surface area contributed by atoms with Gasteiger partial charge in [-0.05, 0) is 44.6 Å². The third kappa shape index (κ3) is 2.90. The van der Waals surface area contributed by atoms with Crippen LogP contribution in [-0.4, -0.2) is 40.1 Å². The molecular weight excluding hydrogens is 320 g/mol. The van der Waals surface area contributed by atoms with Crippen molar-refractivity contribution >= 4 is 28.9 Å². The molecule has 1 aromatic carbocycles. The summed E-state index contributed by atoms with van der Waals surface area (Å²) in [6, 6.07) is 10.3. The van der Waals surface area contributed by atoms with Gasteiger partial charge < -0.3 is 15.0 Å². The number of amidine groups is 1. The number of hydrogen-bond acceptors (Lipinski definition) is 4. The van der Waals surface area contributed by atoms with Gasteiger partial charge in [0.25, 0.3) is 0 Å². The third-order valence-corrected chi connectivity index (χ3v) is 5.06. The first-order chi connectivity index (χ1) is 11.4. The predicted molar refractivity (Wildman–Crippen MR) is 99.1 cm³/mol. The number of hydrogen-bond donors (Lipinski definition) is 1. The van der Waals surface area contributed by atoms with Gasteiger partial charge in [-0.3, -0.25) is 0 Å². The Morgan fingerprint density at radius 2 is 2.17 bits per heavy atom. The molecule has 5 nitrogen and oxygen atoms in total. The highest BCUT2D eigenvalue weighted by Crippen LogP contribution is 2.41. The summed E-state index contributed by atoms with van der Waals surface area (Å²) < 4.78 is 5.90. The Labute approximate surface area is 148 Å². The average molecular weight is 342 g/mol. The van der Waals surface area contributed by atoms with E-state index < -0.39 is 5.54 Å². The van der Waals surface area contributed by atoms with Crippen molar-refractivity contribution in [2.24, 2.45) is 4.99 Å². The normalized spacial score (nSPS) is 25.5. The molecule has 0 radical (unpaired) electrons. The number of para-hydroxylation sites is 1. The fraction of sp³-hybridized carbons (Fsp3) is 0.500. The number of ether oxygens (including phenoxy) is 1. The molecule has 3 rings (SSSR count). The zero-order valence-electron chi connectivity index (χ0n) is 14.3. The monoisotopic (exact) mass is 342 g/mol. The minimum atomic E-state index is -0.406. The second-order valence-electron chi connectivity index (χ2n) is 6.99. The smallest absolute Gasteiger partial charge is 0.198 e. The summed E-state index contributed by atoms with van der Waals surface area (Å²) in [5.41, 5.74) is 1.46. The van der Waals surface area contributed by atoms with E-state index in [9.17, 15) is 5.26 Å². The van der Waals surface area contributed by atoms with Crippen molar-refractivity contribution in [1.29, 1.82) is 5.26 Å². The SMILES string of the molecule is Cc1ccccc1NC1=NC(=S)N(CC#N)[C@]12CCOC(C)(C)C2. The number of aryl methyl sites for hydroxylation is 1. The van der Waals surface area contributed by atoms with Gasteiger partial charge in [-0.2, -0.15) is 5.26 Å². The molecule has 2 heterocycles. The van der Waals surface area contributed by atoms with Gasteiger partial charge >= 0.3 is 0 Å². The largest absolute Gasteiger partial charge is 0.375 e. The Morgan fingerprint density at radius 1 is 1.42 bits per heavy atom. The van der Waals surface area contributed by atoms with E-state index in [4.69, 9.17) is 17.0 Å². The van der Waals surface area contributed by atoms with E-state index in [-0.39, 0.29) is 12.1 Å². The quantitative estimate of drug-likeness (QED) is 0.660. The number of thiocarbonyl (C=S) groups is 1. The van der Waals surface area contributed by atoms with Crippen LogP contribution in [0.3, 0.4) is 0 Å². The summed E-state index contributed by atoms with van der Waals surface area (Å²) in [6.45, 7) is 7.06. The second-order valence-corrected chi connectivity index (χ2v) is 7.36. The van der Waals surface area contributed by atoms with Gasteiger partial charge in [-0.1, -0.05) is 18.2 Å². The topological polar surface area (TPSA) is 60.7 Å². The lowest BCUT2D eigenvalue weighted by atomic mass is 9.79. The Balaban J connectivity index is 2.00. The first-order valence-corrected chi connectivity index (χ1v) is 8.53. The van der Waals surface area contributed by atoms with Crippen molar-refractivity contribution in [2.45, 2.75) is 44.8 Å². The molecule has 126 valence electrons. The molecule has 1 atom stereocenters. The maximum atomic E-state index is 9.25. The van der Waals surface area contributed by atoms with Crippen molar-refractivity contribution in [3.05, 3.63) is 29.8 Å². The summed E-state index contributed by atoms with van der Waals surface area (Å²) in [6.07, 6.45) is 1.50. The predicted octanol–water partition coefficient (Wildman–Crippen LogP) is 3.26. The number of rotatable bonds is 2. The molecular formula is C18H22N4OS. The van der Waals surface area contributed by atoms with Crippen LogP contribution in [0.5, 0.6) is 0 Å². The molecule has 24 heavy (non-hydrogen) atoms. The lowest BCUT2D eigenvalue weighted by Crippen LogP contribution is -2.60. The van der Waals surface area contributed by atoms with E-state index in [2.05, 4.69) is 43.2 Å². The van der Waals surface area contributed by atoms with Gasteiger partial charge in [0.2, 0.25) is 0 Å². The van der Waals surface area contributed by atoms with Gasteiger partial charge in [0.15, 0.2) is 5.11 Å². The van der Waals surface area contributed by atoms with Crippen LogP contribution in [0.4, 0.5) is 5.69 Å². The molecule has 1 saturated heterocycles. The molecule has 1 spiro atoms. The molecule has 2 aliphatic rings.